The zero-order chi connectivity index (χ0) is 17.6. The normalized spacial score (nSPS) is 18.2. The topological polar surface area (TPSA) is 61.6 Å². The number of hydrogen-bond donors (Lipinski definition) is 2. The van der Waals surface area contributed by atoms with Crippen molar-refractivity contribution >= 4 is 18.3 Å². The van der Waals surface area contributed by atoms with Gasteiger partial charge in [0, 0.05) is 39.3 Å². The molecule has 3 N–H and O–H groups in total. The van der Waals surface area contributed by atoms with Crippen LogP contribution in [0.1, 0.15) is 37.8 Å². The van der Waals surface area contributed by atoms with Crippen LogP contribution in [0.5, 0.6) is 0 Å². The highest BCUT2D eigenvalue weighted by molar-refractivity contribution is 5.85. The number of carbonyl (C=O) groups is 1. The van der Waals surface area contributed by atoms with Gasteiger partial charge in [-0.15, -0.1) is 12.4 Å². The fourth-order valence-electron chi connectivity index (χ4n) is 3.04. The standard InChI is InChI=1S/C19H32N4O.ClH/c1-4-9-19(2,20)18(24)21-14-16-5-7-17(8-6-16)15-23-12-10-22(3)11-13-23;/h5-8H,4,9-15,20H2,1-3H3,(H,21,24);1H. The van der Waals surface area contributed by atoms with Crippen LogP contribution in [0.2, 0.25) is 0 Å². The summed E-state index contributed by atoms with van der Waals surface area (Å²) < 4.78 is 0. The molecule has 1 heterocycles. The molecule has 1 fully saturated rings. The first-order valence-electron chi connectivity index (χ1n) is 8.96. The lowest BCUT2D eigenvalue weighted by Crippen LogP contribution is -2.51. The first-order valence-corrected chi connectivity index (χ1v) is 8.96. The number of amides is 1. The van der Waals surface area contributed by atoms with Gasteiger partial charge in [-0.25, -0.2) is 0 Å². The quantitative estimate of drug-likeness (QED) is 0.772. The Balaban J connectivity index is 0.00000312. The lowest BCUT2D eigenvalue weighted by molar-refractivity contribution is -0.126. The van der Waals surface area contributed by atoms with Crippen molar-refractivity contribution in [2.45, 2.75) is 45.3 Å². The van der Waals surface area contributed by atoms with Crippen LogP contribution in [0.25, 0.3) is 0 Å². The van der Waals surface area contributed by atoms with Crippen molar-refractivity contribution in [3.05, 3.63) is 35.4 Å². The van der Waals surface area contributed by atoms with Crippen molar-refractivity contribution in [1.29, 1.82) is 0 Å². The van der Waals surface area contributed by atoms with E-state index in [0.717, 1.165) is 44.7 Å². The Bertz CT molecular complexity index is 525. The average molecular weight is 369 g/mol. The number of hydrogen-bond acceptors (Lipinski definition) is 4. The minimum Gasteiger partial charge on any atom is -0.350 e. The van der Waals surface area contributed by atoms with Crippen LogP contribution < -0.4 is 11.1 Å². The monoisotopic (exact) mass is 368 g/mol. The molecule has 6 heteroatoms. The second-order valence-electron chi connectivity index (χ2n) is 7.25. The highest BCUT2D eigenvalue weighted by Gasteiger charge is 2.26. The zero-order valence-corrected chi connectivity index (χ0v) is 16.6. The van der Waals surface area contributed by atoms with Gasteiger partial charge in [0.25, 0.3) is 0 Å². The van der Waals surface area contributed by atoms with Crippen LogP contribution in [-0.4, -0.2) is 54.5 Å². The molecule has 0 aromatic heterocycles. The highest BCUT2D eigenvalue weighted by Crippen LogP contribution is 2.11. The molecule has 1 aliphatic rings. The molecule has 0 aliphatic carbocycles. The summed E-state index contributed by atoms with van der Waals surface area (Å²) in [6.07, 6.45) is 1.60. The fourth-order valence-corrected chi connectivity index (χ4v) is 3.04. The van der Waals surface area contributed by atoms with E-state index in [-0.39, 0.29) is 18.3 Å². The van der Waals surface area contributed by atoms with Crippen molar-refractivity contribution < 1.29 is 4.79 Å². The fraction of sp³-hybridized carbons (Fsp3) is 0.632. The van der Waals surface area contributed by atoms with E-state index in [1.807, 2.05) is 6.92 Å². The van der Waals surface area contributed by atoms with E-state index in [9.17, 15) is 4.79 Å². The first-order chi connectivity index (χ1) is 11.4. The third kappa shape index (κ3) is 6.94. The summed E-state index contributed by atoms with van der Waals surface area (Å²) in [5.74, 6) is -0.0779. The Hall–Kier alpha value is -1.14. The Morgan fingerprint density at radius 2 is 1.72 bits per heavy atom. The number of benzene rings is 1. The molecule has 0 spiro atoms. The maximum absolute atomic E-state index is 12.1. The van der Waals surface area contributed by atoms with Crippen molar-refractivity contribution in [2.24, 2.45) is 5.73 Å². The molecule has 1 amide bonds. The molecule has 5 nitrogen and oxygen atoms in total. The summed E-state index contributed by atoms with van der Waals surface area (Å²) in [7, 11) is 2.17. The lowest BCUT2D eigenvalue weighted by atomic mass is 9.96. The number of nitrogens with one attached hydrogen (secondary N) is 1. The SMILES string of the molecule is CCCC(C)(N)C(=O)NCc1ccc(CN2CCN(C)CC2)cc1.Cl. The van der Waals surface area contributed by atoms with Crippen LogP contribution in [0.3, 0.4) is 0 Å². The number of piperazine rings is 1. The number of likely N-dealkylation sites (N-methyl/N-ethyl adjacent to an activating group) is 1. The number of nitrogens with zero attached hydrogens (tertiary/aromatic N) is 2. The Kier molecular flexibility index (Phi) is 8.86. The van der Waals surface area contributed by atoms with Crippen molar-refractivity contribution in [1.82, 2.24) is 15.1 Å². The van der Waals surface area contributed by atoms with E-state index >= 15 is 0 Å². The molecule has 1 aromatic carbocycles. The minimum atomic E-state index is -0.782. The maximum atomic E-state index is 12.1. The first kappa shape index (κ1) is 21.9. The van der Waals surface area contributed by atoms with Crippen LogP contribution >= 0.6 is 12.4 Å². The lowest BCUT2D eigenvalue weighted by Gasteiger charge is -2.32. The van der Waals surface area contributed by atoms with E-state index < -0.39 is 5.54 Å². The Labute approximate surface area is 158 Å². The van der Waals surface area contributed by atoms with E-state index in [4.69, 9.17) is 5.73 Å². The molecule has 25 heavy (non-hydrogen) atoms. The molecule has 2 rings (SSSR count). The zero-order valence-electron chi connectivity index (χ0n) is 15.8. The molecule has 0 saturated carbocycles. The smallest absolute Gasteiger partial charge is 0.240 e. The van der Waals surface area contributed by atoms with Gasteiger partial charge >= 0.3 is 0 Å². The summed E-state index contributed by atoms with van der Waals surface area (Å²) in [5.41, 5.74) is 7.70. The predicted octanol–water partition coefficient (Wildman–Crippen LogP) is 1.99. The van der Waals surface area contributed by atoms with Crippen molar-refractivity contribution in [3.63, 3.8) is 0 Å². The highest BCUT2D eigenvalue weighted by atomic mass is 35.5. The van der Waals surface area contributed by atoms with Crippen LogP contribution in [0.15, 0.2) is 24.3 Å². The summed E-state index contributed by atoms with van der Waals surface area (Å²) >= 11 is 0. The molecule has 1 aliphatic heterocycles. The number of halogens is 1. The van der Waals surface area contributed by atoms with Gasteiger partial charge in [-0.1, -0.05) is 37.6 Å². The molecular weight excluding hydrogens is 336 g/mol. The summed E-state index contributed by atoms with van der Waals surface area (Å²) in [6.45, 7) is 9.89. The van der Waals surface area contributed by atoms with Gasteiger partial charge in [-0.3, -0.25) is 9.69 Å². The minimum absolute atomic E-state index is 0. The van der Waals surface area contributed by atoms with E-state index in [0.29, 0.717) is 13.0 Å². The number of rotatable bonds is 7. The van der Waals surface area contributed by atoms with Gasteiger partial charge in [0.05, 0.1) is 5.54 Å². The van der Waals surface area contributed by atoms with E-state index in [2.05, 4.69) is 46.4 Å². The van der Waals surface area contributed by atoms with Gasteiger partial charge in [-0.2, -0.15) is 0 Å². The third-order valence-corrected chi connectivity index (χ3v) is 4.77. The molecule has 1 unspecified atom stereocenters. The van der Waals surface area contributed by atoms with Gasteiger partial charge in [-0.05, 0) is 31.5 Å². The molecular formula is C19H33ClN4O. The second kappa shape index (κ2) is 10.1. The molecule has 1 atom stereocenters. The van der Waals surface area contributed by atoms with Gasteiger partial charge in [0.1, 0.15) is 0 Å². The van der Waals surface area contributed by atoms with E-state index in [1.165, 1.54) is 5.56 Å². The largest absolute Gasteiger partial charge is 0.350 e. The molecule has 0 radical (unpaired) electrons. The molecule has 0 bridgehead atoms. The second-order valence-corrected chi connectivity index (χ2v) is 7.25. The molecule has 1 aromatic rings. The van der Waals surface area contributed by atoms with Crippen LogP contribution in [-0.2, 0) is 17.9 Å². The van der Waals surface area contributed by atoms with Crippen LogP contribution in [0.4, 0.5) is 0 Å². The molecule has 1 saturated heterocycles. The van der Waals surface area contributed by atoms with Crippen molar-refractivity contribution in [3.8, 4) is 0 Å². The summed E-state index contributed by atoms with van der Waals surface area (Å²) in [4.78, 5) is 17.0. The van der Waals surface area contributed by atoms with Crippen molar-refractivity contribution in [2.75, 3.05) is 33.2 Å². The van der Waals surface area contributed by atoms with Gasteiger partial charge in [0.2, 0.25) is 5.91 Å². The maximum Gasteiger partial charge on any atom is 0.240 e. The number of carbonyl (C=O) groups excluding carboxylic acids is 1. The number of nitrogens with two attached hydrogens (primary N) is 1. The third-order valence-electron chi connectivity index (χ3n) is 4.77. The van der Waals surface area contributed by atoms with E-state index in [1.54, 1.807) is 6.92 Å². The Morgan fingerprint density at radius 1 is 1.16 bits per heavy atom. The Morgan fingerprint density at radius 3 is 2.28 bits per heavy atom. The van der Waals surface area contributed by atoms with Gasteiger partial charge < -0.3 is 16.0 Å². The van der Waals surface area contributed by atoms with Gasteiger partial charge in [0.15, 0.2) is 0 Å². The molecule has 142 valence electrons. The average Bonchev–Trinajstić information content (AvgIpc) is 2.56. The predicted molar refractivity (Wildman–Crippen MR) is 106 cm³/mol. The summed E-state index contributed by atoms with van der Waals surface area (Å²) in [5, 5.41) is 2.95. The van der Waals surface area contributed by atoms with Crippen LogP contribution in [0, 0.1) is 0 Å². The summed E-state index contributed by atoms with van der Waals surface area (Å²) in [6, 6.07) is 8.51.